The average molecular weight is 305 g/mol. The van der Waals surface area contributed by atoms with E-state index < -0.39 is 7.26 Å². The van der Waals surface area contributed by atoms with Crippen molar-refractivity contribution in [2.45, 2.75) is 5.66 Å². The van der Waals surface area contributed by atoms with Gasteiger partial charge < -0.3 is 0 Å². The minimum absolute atomic E-state index is 0.0831. The first-order chi connectivity index (χ1) is 10.8. The van der Waals surface area contributed by atoms with E-state index in [-0.39, 0.29) is 5.66 Å². The molecule has 1 aliphatic rings. The Labute approximate surface area is 132 Å². The molecule has 1 atom stereocenters. The van der Waals surface area contributed by atoms with Crippen molar-refractivity contribution in [2.24, 2.45) is 0 Å². The standard InChI is InChI=1S/C20H18OP/c1-22(18-11-4-2-5-12-18,19-13-6-3-7-14-19)20-15-9-8-10-17(20)16-21/h2-15,20H,1H3/q+1. The van der Waals surface area contributed by atoms with Gasteiger partial charge in [-0.3, -0.25) is 0 Å². The van der Waals surface area contributed by atoms with E-state index >= 15 is 0 Å². The summed E-state index contributed by atoms with van der Waals surface area (Å²) < 4.78 is 0. The Morgan fingerprint density at radius 2 is 1.41 bits per heavy atom. The SMILES string of the molecule is C[P+](c1ccccc1)(c1ccccc1)C1C=CC=CC1=C=O. The molecule has 0 fully saturated rings. The van der Waals surface area contributed by atoms with Crippen LogP contribution >= 0.6 is 7.26 Å². The number of allylic oxidation sites excluding steroid dienone is 5. The van der Waals surface area contributed by atoms with Crippen LogP contribution in [0.25, 0.3) is 0 Å². The third-order valence-corrected chi connectivity index (χ3v) is 8.56. The van der Waals surface area contributed by atoms with Crippen LogP contribution in [0.15, 0.2) is 90.5 Å². The van der Waals surface area contributed by atoms with Gasteiger partial charge in [-0.25, -0.2) is 4.79 Å². The summed E-state index contributed by atoms with van der Waals surface area (Å²) in [6.45, 7) is 2.31. The van der Waals surface area contributed by atoms with Crippen molar-refractivity contribution in [3.63, 3.8) is 0 Å². The van der Waals surface area contributed by atoms with Crippen LogP contribution in [0.4, 0.5) is 0 Å². The fourth-order valence-electron chi connectivity index (χ4n) is 3.02. The highest BCUT2D eigenvalue weighted by Gasteiger charge is 2.46. The first-order valence-electron chi connectivity index (χ1n) is 7.34. The van der Waals surface area contributed by atoms with Crippen molar-refractivity contribution in [1.29, 1.82) is 0 Å². The predicted molar refractivity (Wildman–Crippen MR) is 96.3 cm³/mol. The fourth-order valence-corrected chi connectivity index (χ4v) is 6.68. The van der Waals surface area contributed by atoms with Crippen LogP contribution in [0.1, 0.15) is 0 Å². The van der Waals surface area contributed by atoms with Gasteiger partial charge in [0, 0.05) is 0 Å². The van der Waals surface area contributed by atoms with Crippen molar-refractivity contribution in [3.8, 4) is 0 Å². The van der Waals surface area contributed by atoms with Crippen LogP contribution in [-0.2, 0) is 4.79 Å². The van der Waals surface area contributed by atoms with E-state index in [1.54, 1.807) is 0 Å². The van der Waals surface area contributed by atoms with Crippen molar-refractivity contribution >= 4 is 23.8 Å². The molecule has 0 saturated heterocycles. The molecule has 0 N–H and O–H groups in total. The Hall–Kier alpha value is -2.20. The molecule has 0 saturated carbocycles. The van der Waals surface area contributed by atoms with E-state index in [0.717, 1.165) is 5.57 Å². The molecule has 0 bridgehead atoms. The summed E-state index contributed by atoms with van der Waals surface area (Å²) in [6.07, 6.45) is 7.99. The van der Waals surface area contributed by atoms with Crippen LogP contribution in [0, 0.1) is 0 Å². The lowest BCUT2D eigenvalue weighted by atomic mass is 10.1. The second-order valence-corrected chi connectivity index (χ2v) is 9.23. The largest absolute Gasteiger partial charge is 0.233 e. The molecule has 1 unspecified atom stereocenters. The molecule has 2 aromatic rings. The lowest BCUT2D eigenvalue weighted by molar-refractivity contribution is 0.567. The first-order valence-corrected chi connectivity index (χ1v) is 9.64. The van der Waals surface area contributed by atoms with Crippen molar-refractivity contribution in [3.05, 3.63) is 90.5 Å². The van der Waals surface area contributed by atoms with E-state index in [0.29, 0.717) is 0 Å². The molecule has 1 aliphatic carbocycles. The molecule has 1 nitrogen and oxygen atoms in total. The van der Waals surface area contributed by atoms with E-state index in [9.17, 15) is 4.79 Å². The molecular weight excluding hydrogens is 287 g/mol. The highest BCUT2D eigenvalue weighted by molar-refractivity contribution is 7.89. The Balaban J connectivity index is 2.22. The molecule has 2 aromatic carbocycles. The quantitative estimate of drug-likeness (QED) is 0.626. The van der Waals surface area contributed by atoms with E-state index in [1.807, 2.05) is 30.4 Å². The lowest BCUT2D eigenvalue weighted by Gasteiger charge is -2.30. The summed E-state index contributed by atoms with van der Waals surface area (Å²) in [4.78, 5) is 11.5. The molecule has 0 amide bonds. The Morgan fingerprint density at radius 1 is 0.864 bits per heavy atom. The molecule has 0 aliphatic heterocycles. The van der Waals surface area contributed by atoms with Gasteiger partial charge in [0.1, 0.15) is 11.6 Å². The third-order valence-electron chi connectivity index (χ3n) is 4.26. The predicted octanol–water partition coefficient (Wildman–Crippen LogP) is 3.54. The van der Waals surface area contributed by atoms with Crippen LogP contribution in [0.5, 0.6) is 0 Å². The van der Waals surface area contributed by atoms with E-state index in [4.69, 9.17) is 0 Å². The van der Waals surface area contributed by atoms with Crippen molar-refractivity contribution in [2.75, 3.05) is 6.66 Å². The van der Waals surface area contributed by atoms with Gasteiger partial charge in [-0.05, 0) is 36.4 Å². The molecule has 22 heavy (non-hydrogen) atoms. The number of hydrogen-bond donors (Lipinski definition) is 0. The number of rotatable bonds is 3. The minimum Gasteiger partial charge on any atom is -0.233 e. The maximum absolute atomic E-state index is 11.5. The van der Waals surface area contributed by atoms with Gasteiger partial charge in [-0.1, -0.05) is 48.6 Å². The van der Waals surface area contributed by atoms with E-state index in [1.165, 1.54) is 10.6 Å². The molecule has 0 heterocycles. The first kappa shape index (κ1) is 14.7. The Morgan fingerprint density at radius 3 is 1.91 bits per heavy atom. The molecule has 0 aromatic heterocycles. The normalized spacial score (nSPS) is 17.3. The van der Waals surface area contributed by atoms with Gasteiger partial charge in [0.15, 0.2) is 0 Å². The average Bonchev–Trinajstić information content (AvgIpc) is 2.62. The highest BCUT2D eigenvalue weighted by atomic mass is 31.2. The van der Waals surface area contributed by atoms with Gasteiger partial charge in [0.25, 0.3) is 0 Å². The molecular formula is C20H18OP+. The topological polar surface area (TPSA) is 17.1 Å². The Kier molecular flexibility index (Phi) is 4.20. The zero-order valence-electron chi connectivity index (χ0n) is 12.5. The third kappa shape index (κ3) is 2.50. The minimum atomic E-state index is -1.76. The molecule has 2 heteroatoms. The monoisotopic (exact) mass is 305 g/mol. The van der Waals surface area contributed by atoms with Crippen molar-refractivity contribution in [1.82, 2.24) is 0 Å². The maximum Gasteiger partial charge on any atom is 0.132 e. The summed E-state index contributed by atoms with van der Waals surface area (Å²) in [5, 5.41) is 2.61. The van der Waals surface area contributed by atoms with Gasteiger partial charge in [0.2, 0.25) is 0 Å². The summed E-state index contributed by atoms with van der Waals surface area (Å²) in [6, 6.07) is 21.1. The molecule has 0 radical (unpaired) electrons. The van der Waals surface area contributed by atoms with Gasteiger partial charge in [-0.15, -0.1) is 0 Å². The highest BCUT2D eigenvalue weighted by Crippen LogP contribution is 2.60. The van der Waals surface area contributed by atoms with Crippen molar-refractivity contribution < 1.29 is 4.79 Å². The van der Waals surface area contributed by atoms with Crippen LogP contribution in [0.2, 0.25) is 0 Å². The Bertz CT molecular complexity index is 713. The summed E-state index contributed by atoms with van der Waals surface area (Å²) in [5.41, 5.74) is 0.825. The molecule has 0 spiro atoms. The lowest BCUT2D eigenvalue weighted by Crippen LogP contribution is -2.31. The fraction of sp³-hybridized carbons (Fsp3) is 0.100. The second kappa shape index (κ2) is 6.28. The van der Waals surface area contributed by atoms with Gasteiger partial charge in [0.05, 0.1) is 30.1 Å². The summed E-state index contributed by atoms with van der Waals surface area (Å²) in [5.74, 6) is 2.16. The van der Waals surface area contributed by atoms with Gasteiger partial charge >= 0.3 is 0 Å². The smallest absolute Gasteiger partial charge is 0.132 e. The number of benzene rings is 2. The van der Waals surface area contributed by atoms with Gasteiger partial charge in [-0.2, -0.15) is 0 Å². The molecule has 3 rings (SSSR count). The zero-order chi connectivity index (χ0) is 15.4. The summed E-state index contributed by atoms with van der Waals surface area (Å²) in [7, 11) is -1.76. The number of hydrogen-bond acceptors (Lipinski definition) is 1. The maximum atomic E-state index is 11.5. The molecule has 108 valence electrons. The van der Waals surface area contributed by atoms with Crippen LogP contribution in [0.3, 0.4) is 0 Å². The van der Waals surface area contributed by atoms with Crippen LogP contribution < -0.4 is 10.6 Å². The van der Waals surface area contributed by atoms with Crippen LogP contribution in [-0.4, -0.2) is 18.3 Å². The number of carbonyl (C=O) groups excluding carboxylic acids is 1. The summed E-state index contributed by atoms with van der Waals surface area (Å²) >= 11 is 0. The van der Waals surface area contributed by atoms with E-state index in [2.05, 4.69) is 67.2 Å². The second-order valence-electron chi connectivity index (χ2n) is 5.49. The zero-order valence-corrected chi connectivity index (χ0v) is 13.4.